The molecule has 0 atom stereocenters. The number of rotatable bonds is 7. The van der Waals surface area contributed by atoms with Crippen molar-refractivity contribution in [2.24, 2.45) is 0 Å². The maximum absolute atomic E-state index is 13.0. The van der Waals surface area contributed by atoms with E-state index in [4.69, 9.17) is 9.47 Å². The van der Waals surface area contributed by atoms with Crippen molar-refractivity contribution in [2.45, 2.75) is 4.90 Å². The van der Waals surface area contributed by atoms with Crippen LogP contribution in [0.1, 0.15) is 10.4 Å². The highest BCUT2D eigenvalue weighted by atomic mass is 79.9. The molecule has 0 spiro atoms. The minimum atomic E-state index is -4.03. The third kappa shape index (κ3) is 4.74. The van der Waals surface area contributed by atoms with Crippen molar-refractivity contribution in [3.05, 3.63) is 76.8 Å². The predicted molar refractivity (Wildman–Crippen MR) is 119 cm³/mol. The van der Waals surface area contributed by atoms with Crippen molar-refractivity contribution in [2.75, 3.05) is 24.3 Å². The Morgan fingerprint density at radius 2 is 1.50 bits per heavy atom. The van der Waals surface area contributed by atoms with Crippen LogP contribution in [0, 0.1) is 0 Å². The average Bonchev–Trinajstić information content (AvgIpc) is 2.74. The van der Waals surface area contributed by atoms with E-state index < -0.39 is 15.9 Å². The van der Waals surface area contributed by atoms with Crippen molar-refractivity contribution in [1.82, 2.24) is 0 Å². The van der Waals surface area contributed by atoms with Crippen LogP contribution in [-0.2, 0) is 10.0 Å². The minimum Gasteiger partial charge on any atom is -0.495 e. The molecule has 0 saturated carbocycles. The first-order valence-electron chi connectivity index (χ1n) is 8.75. The SMILES string of the molecule is COc1ccccc1NC(=O)c1ccccc1NS(=O)(=O)c1cc(Br)ccc1OC. The highest BCUT2D eigenvalue weighted by Gasteiger charge is 2.23. The Balaban J connectivity index is 1.94. The smallest absolute Gasteiger partial charge is 0.265 e. The molecular weight excluding hydrogens is 472 g/mol. The van der Waals surface area contributed by atoms with Gasteiger partial charge in [0.2, 0.25) is 0 Å². The molecule has 9 heteroatoms. The van der Waals surface area contributed by atoms with Gasteiger partial charge in [0, 0.05) is 4.47 Å². The Hall–Kier alpha value is -3.04. The van der Waals surface area contributed by atoms with Crippen LogP contribution in [0.15, 0.2) is 76.1 Å². The molecule has 0 aliphatic rings. The van der Waals surface area contributed by atoms with Crippen molar-refractivity contribution in [3.8, 4) is 11.5 Å². The molecule has 0 unspecified atom stereocenters. The molecule has 7 nitrogen and oxygen atoms in total. The Bertz CT molecular complexity index is 1180. The lowest BCUT2D eigenvalue weighted by molar-refractivity contribution is 0.102. The van der Waals surface area contributed by atoms with Gasteiger partial charge in [-0.05, 0) is 42.5 Å². The highest BCUT2D eigenvalue weighted by Crippen LogP contribution is 2.30. The van der Waals surface area contributed by atoms with Crippen LogP contribution in [0.2, 0.25) is 0 Å². The Morgan fingerprint density at radius 1 is 0.867 bits per heavy atom. The van der Waals surface area contributed by atoms with Gasteiger partial charge >= 0.3 is 0 Å². The summed E-state index contributed by atoms with van der Waals surface area (Å²) in [5.41, 5.74) is 0.754. The molecule has 156 valence electrons. The van der Waals surface area contributed by atoms with Crippen molar-refractivity contribution in [3.63, 3.8) is 0 Å². The summed E-state index contributed by atoms with van der Waals surface area (Å²) >= 11 is 3.27. The van der Waals surface area contributed by atoms with Gasteiger partial charge < -0.3 is 14.8 Å². The zero-order valence-corrected chi connectivity index (χ0v) is 18.6. The number of amides is 1. The van der Waals surface area contributed by atoms with Crippen LogP contribution in [0.4, 0.5) is 11.4 Å². The fourth-order valence-corrected chi connectivity index (χ4v) is 4.56. The lowest BCUT2D eigenvalue weighted by Gasteiger charge is -2.15. The Labute approximate surface area is 183 Å². The molecule has 0 saturated heterocycles. The number of sulfonamides is 1. The number of para-hydroxylation sites is 3. The van der Waals surface area contributed by atoms with Crippen LogP contribution >= 0.6 is 15.9 Å². The van der Waals surface area contributed by atoms with E-state index in [9.17, 15) is 13.2 Å². The molecular formula is C21H19BrN2O5S. The van der Waals surface area contributed by atoms with Crippen molar-refractivity contribution in [1.29, 1.82) is 0 Å². The predicted octanol–water partition coefficient (Wildman–Crippen LogP) is 4.52. The molecule has 0 radical (unpaired) electrons. The summed E-state index contributed by atoms with van der Waals surface area (Å²) in [6.45, 7) is 0. The fraction of sp³-hybridized carbons (Fsp3) is 0.0952. The van der Waals surface area contributed by atoms with E-state index in [1.165, 1.54) is 32.4 Å². The summed E-state index contributed by atoms with van der Waals surface area (Å²) in [6.07, 6.45) is 0. The number of carbonyl (C=O) groups is 1. The largest absolute Gasteiger partial charge is 0.495 e. The normalized spacial score (nSPS) is 10.9. The second-order valence-corrected chi connectivity index (χ2v) is 8.67. The van der Waals surface area contributed by atoms with Crippen LogP contribution in [-0.4, -0.2) is 28.5 Å². The van der Waals surface area contributed by atoms with Crippen LogP contribution in [0.25, 0.3) is 0 Å². The third-order valence-corrected chi connectivity index (χ3v) is 6.07. The van der Waals surface area contributed by atoms with Gasteiger partial charge in [-0.3, -0.25) is 9.52 Å². The van der Waals surface area contributed by atoms with Crippen LogP contribution in [0.5, 0.6) is 11.5 Å². The number of hydrogen-bond donors (Lipinski definition) is 2. The molecule has 0 aliphatic heterocycles. The lowest BCUT2D eigenvalue weighted by atomic mass is 10.1. The molecule has 3 rings (SSSR count). The van der Waals surface area contributed by atoms with Gasteiger partial charge in [0.1, 0.15) is 16.4 Å². The van der Waals surface area contributed by atoms with E-state index in [-0.39, 0.29) is 21.9 Å². The molecule has 0 heterocycles. The first kappa shape index (κ1) is 21.7. The maximum Gasteiger partial charge on any atom is 0.265 e. The molecule has 3 aromatic carbocycles. The highest BCUT2D eigenvalue weighted by molar-refractivity contribution is 9.10. The number of anilines is 2. The minimum absolute atomic E-state index is 0.0562. The first-order chi connectivity index (χ1) is 14.4. The molecule has 1 amide bonds. The van der Waals surface area contributed by atoms with Gasteiger partial charge in [0.25, 0.3) is 15.9 Å². The van der Waals surface area contributed by atoms with E-state index in [1.807, 2.05) is 0 Å². The number of methoxy groups -OCH3 is 2. The molecule has 3 aromatic rings. The van der Waals surface area contributed by atoms with Crippen LogP contribution < -0.4 is 19.5 Å². The Kier molecular flexibility index (Phi) is 6.63. The van der Waals surface area contributed by atoms with Gasteiger partial charge in [-0.2, -0.15) is 0 Å². The van der Waals surface area contributed by atoms with E-state index in [0.29, 0.717) is 15.9 Å². The molecule has 0 aliphatic carbocycles. The van der Waals surface area contributed by atoms with E-state index in [1.54, 1.807) is 48.5 Å². The topological polar surface area (TPSA) is 93.7 Å². The van der Waals surface area contributed by atoms with Crippen molar-refractivity contribution >= 4 is 43.2 Å². The van der Waals surface area contributed by atoms with Gasteiger partial charge in [-0.1, -0.05) is 40.2 Å². The first-order valence-corrected chi connectivity index (χ1v) is 11.0. The number of benzene rings is 3. The molecule has 0 bridgehead atoms. The summed E-state index contributed by atoms with van der Waals surface area (Å²) < 4.78 is 39.5. The van der Waals surface area contributed by atoms with Crippen LogP contribution in [0.3, 0.4) is 0 Å². The molecule has 2 N–H and O–H groups in total. The summed E-state index contributed by atoms with van der Waals surface area (Å²) in [5.74, 6) is 0.184. The molecule has 30 heavy (non-hydrogen) atoms. The standard InChI is InChI=1S/C21H19BrN2O5S/c1-28-18-10-6-5-9-17(18)23-21(25)15-7-3-4-8-16(15)24-30(26,27)20-13-14(22)11-12-19(20)29-2/h3-13,24H,1-2H3,(H,23,25). The van der Waals surface area contributed by atoms with E-state index >= 15 is 0 Å². The molecule has 0 fully saturated rings. The number of halogens is 1. The lowest BCUT2D eigenvalue weighted by Crippen LogP contribution is -2.19. The average molecular weight is 491 g/mol. The van der Waals surface area contributed by atoms with E-state index in [0.717, 1.165) is 0 Å². The van der Waals surface area contributed by atoms with Crippen molar-refractivity contribution < 1.29 is 22.7 Å². The summed E-state index contributed by atoms with van der Waals surface area (Å²) in [7, 11) is -1.15. The zero-order chi connectivity index (χ0) is 21.7. The maximum atomic E-state index is 13.0. The Morgan fingerprint density at radius 3 is 2.20 bits per heavy atom. The second-order valence-electron chi connectivity index (χ2n) is 6.10. The van der Waals surface area contributed by atoms with Gasteiger partial charge in [-0.15, -0.1) is 0 Å². The number of nitrogens with one attached hydrogen (secondary N) is 2. The van der Waals surface area contributed by atoms with E-state index in [2.05, 4.69) is 26.0 Å². The quantitative estimate of drug-likeness (QED) is 0.507. The number of hydrogen-bond acceptors (Lipinski definition) is 5. The number of carbonyl (C=O) groups excluding carboxylic acids is 1. The summed E-state index contributed by atoms with van der Waals surface area (Å²) in [5, 5.41) is 2.74. The fourth-order valence-electron chi connectivity index (χ4n) is 2.77. The van der Waals surface area contributed by atoms with Gasteiger partial charge in [-0.25, -0.2) is 8.42 Å². The van der Waals surface area contributed by atoms with Gasteiger partial charge in [0.15, 0.2) is 0 Å². The monoisotopic (exact) mass is 490 g/mol. The zero-order valence-electron chi connectivity index (χ0n) is 16.2. The molecule has 0 aromatic heterocycles. The number of ether oxygens (including phenoxy) is 2. The summed E-state index contributed by atoms with van der Waals surface area (Å²) in [4.78, 5) is 12.8. The summed E-state index contributed by atoms with van der Waals surface area (Å²) in [6, 6.07) is 17.9. The third-order valence-electron chi connectivity index (χ3n) is 4.19. The van der Waals surface area contributed by atoms with Gasteiger partial charge in [0.05, 0.1) is 31.2 Å². The second kappa shape index (κ2) is 9.19.